The van der Waals surface area contributed by atoms with Crippen molar-refractivity contribution in [3.8, 4) is 0 Å². The summed E-state index contributed by atoms with van der Waals surface area (Å²) in [6, 6.07) is 0. The number of carbonyl (C=O) groups excluding carboxylic acids is 1. The van der Waals surface area contributed by atoms with Crippen LogP contribution >= 0.6 is 0 Å². The average molecular weight is 311 g/mol. The Bertz CT molecular complexity index is 303. The quantitative estimate of drug-likeness (QED) is 0.782. The predicted octanol–water partition coefficient (Wildman–Crippen LogP) is 4.03. The first kappa shape index (κ1) is 19.5. The van der Waals surface area contributed by atoms with Crippen LogP contribution < -0.4 is 0 Å². The summed E-state index contributed by atoms with van der Waals surface area (Å²) in [7, 11) is 0. The molecule has 3 heteroatoms. The second-order valence-electron chi connectivity index (χ2n) is 7.06. The molecule has 0 spiro atoms. The van der Waals surface area contributed by atoms with Gasteiger partial charge in [0.15, 0.2) is 0 Å². The van der Waals surface area contributed by atoms with Gasteiger partial charge in [-0.05, 0) is 57.0 Å². The molecule has 22 heavy (non-hydrogen) atoms. The topological polar surface area (TPSA) is 23.6 Å². The molecule has 0 radical (unpaired) electrons. The summed E-state index contributed by atoms with van der Waals surface area (Å²) in [6.07, 6.45) is 6.10. The fraction of sp³-hybridized carbons (Fsp3) is 0.947. The molecule has 2 aliphatic heterocycles. The highest BCUT2D eigenvalue weighted by atomic mass is 16.2. The molecule has 0 bridgehead atoms. The first-order chi connectivity index (χ1) is 10.6. The summed E-state index contributed by atoms with van der Waals surface area (Å²) < 4.78 is 0. The number of likely N-dealkylation sites (tertiary alicyclic amines) is 2. The Hall–Kier alpha value is -0.570. The third-order valence-corrected chi connectivity index (χ3v) is 5.35. The molecule has 1 atom stereocenters. The van der Waals surface area contributed by atoms with Crippen LogP contribution in [0, 0.1) is 17.8 Å². The Morgan fingerprint density at radius 3 is 2.09 bits per heavy atom. The van der Waals surface area contributed by atoms with Crippen LogP contribution in [0.1, 0.15) is 66.7 Å². The van der Waals surface area contributed by atoms with Crippen molar-refractivity contribution in [3.63, 3.8) is 0 Å². The first-order valence-corrected chi connectivity index (χ1v) is 9.61. The molecule has 1 unspecified atom stereocenters. The van der Waals surface area contributed by atoms with Crippen molar-refractivity contribution in [2.24, 2.45) is 17.8 Å². The largest absolute Gasteiger partial charge is 0.342 e. The molecule has 2 fully saturated rings. The van der Waals surface area contributed by atoms with Gasteiger partial charge in [-0.2, -0.15) is 0 Å². The fourth-order valence-corrected chi connectivity index (χ4v) is 3.43. The maximum absolute atomic E-state index is 12.2. The van der Waals surface area contributed by atoms with Crippen LogP contribution in [0.3, 0.4) is 0 Å². The van der Waals surface area contributed by atoms with Crippen LogP contribution in [0.4, 0.5) is 0 Å². The van der Waals surface area contributed by atoms with E-state index in [0.717, 1.165) is 31.3 Å². The van der Waals surface area contributed by atoms with Crippen molar-refractivity contribution in [2.75, 3.05) is 32.7 Å². The zero-order valence-corrected chi connectivity index (χ0v) is 15.6. The summed E-state index contributed by atoms with van der Waals surface area (Å²) in [5, 5.41) is 0. The Kier molecular flexibility index (Phi) is 9.08. The molecule has 2 rings (SSSR count). The monoisotopic (exact) mass is 310 g/mol. The molecule has 0 saturated carbocycles. The van der Waals surface area contributed by atoms with Gasteiger partial charge in [-0.25, -0.2) is 0 Å². The van der Waals surface area contributed by atoms with E-state index in [2.05, 4.69) is 30.6 Å². The number of nitrogens with zero attached hydrogens (tertiary/aromatic N) is 2. The fourth-order valence-electron chi connectivity index (χ4n) is 3.43. The zero-order valence-electron chi connectivity index (χ0n) is 15.6. The highest BCUT2D eigenvalue weighted by Crippen LogP contribution is 2.23. The molecule has 3 nitrogen and oxygen atoms in total. The van der Waals surface area contributed by atoms with E-state index in [0.29, 0.717) is 5.91 Å². The lowest BCUT2D eigenvalue weighted by Crippen LogP contribution is -2.44. The predicted molar refractivity (Wildman–Crippen MR) is 94.9 cm³/mol. The minimum Gasteiger partial charge on any atom is -0.342 e. The summed E-state index contributed by atoms with van der Waals surface area (Å²) in [6.45, 7) is 16.3. The van der Waals surface area contributed by atoms with E-state index >= 15 is 0 Å². The third kappa shape index (κ3) is 5.91. The van der Waals surface area contributed by atoms with Crippen molar-refractivity contribution in [2.45, 2.75) is 66.7 Å². The standard InChI is InChI=1S/C17H32N2O.C2H6/c1-4-15(3)17(20)19-11-7-16(8-12-19)13-18-9-5-14(2)6-10-18;1-2/h14-16H,4-13H2,1-3H3;1-2H3. The highest BCUT2D eigenvalue weighted by Gasteiger charge is 2.27. The van der Waals surface area contributed by atoms with E-state index in [1.54, 1.807) is 0 Å². The molecule has 0 aromatic carbocycles. The number of amides is 1. The van der Waals surface area contributed by atoms with Gasteiger partial charge in [-0.15, -0.1) is 0 Å². The Labute approximate surface area is 138 Å². The van der Waals surface area contributed by atoms with Crippen LogP contribution in [0.2, 0.25) is 0 Å². The number of piperidine rings is 2. The summed E-state index contributed by atoms with van der Waals surface area (Å²) in [5.74, 6) is 2.30. The minimum absolute atomic E-state index is 0.204. The van der Waals surface area contributed by atoms with E-state index in [4.69, 9.17) is 0 Å². The number of rotatable bonds is 4. The molecule has 0 aromatic rings. The smallest absolute Gasteiger partial charge is 0.225 e. The Morgan fingerprint density at radius 1 is 1.05 bits per heavy atom. The molecule has 2 saturated heterocycles. The molecular weight excluding hydrogens is 272 g/mol. The van der Waals surface area contributed by atoms with Gasteiger partial charge >= 0.3 is 0 Å². The van der Waals surface area contributed by atoms with Gasteiger partial charge in [-0.3, -0.25) is 4.79 Å². The summed E-state index contributed by atoms with van der Waals surface area (Å²) >= 11 is 0. The molecule has 130 valence electrons. The highest BCUT2D eigenvalue weighted by molar-refractivity contribution is 5.78. The molecular formula is C19H38N2O. The minimum atomic E-state index is 0.204. The molecule has 0 aliphatic carbocycles. The first-order valence-electron chi connectivity index (χ1n) is 9.61. The van der Waals surface area contributed by atoms with E-state index in [9.17, 15) is 4.79 Å². The van der Waals surface area contributed by atoms with Gasteiger partial charge in [0.1, 0.15) is 0 Å². The van der Waals surface area contributed by atoms with Crippen molar-refractivity contribution >= 4 is 5.91 Å². The second kappa shape index (κ2) is 10.3. The molecule has 2 aliphatic rings. The molecule has 1 amide bonds. The molecule has 0 N–H and O–H groups in total. The maximum Gasteiger partial charge on any atom is 0.225 e. The Morgan fingerprint density at radius 2 is 1.59 bits per heavy atom. The van der Waals surface area contributed by atoms with Crippen LogP contribution in [0.25, 0.3) is 0 Å². The average Bonchev–Trinajstić information content (AvgIpc) is 2.58. The van der Waals surface area contributed by atoms with Crippen molar-refractivity contribution in [1.82, 2.24) is 9.80 Å². The van der Waals surface area contributed by atoms with E-state index in [1.807, 2.05) is 13.8 Å². The normalized spacial score (nSPS) is 22.9. The van der Waals surface area contributed by atoms with Crippen molar-refractivity contribution in [1.29, 1.82) is 0 Å². The lowest BCUT2D eigenvalue weighted by Gasteiger charge is -2.37. The summed E-state index contributed by atoms with van der Waals surface area (Å²) in [5.41, 5.74) is 0. The van der Waals surface area contributed by atoms with Crippen LogP contribution in [0.15, 0.2) is 0 Å². The van der Waals surface area contributed by atoms with Crippen molar-refractivity contribution in [3.05, 3.63) is 0 Å². The van der Waals surface area contributed by atoms with Gasteiger partial charge < -0.3 is 9.80 Å². The van der Waals surface area contributed by atoms with Crippen LogP contribution in [-0.4, -0.2) is 48.4 Å². The van der Waals surface area contributed by atoms with E-state index < -0.39 is 0 Å². The zero-order chi connectivity index (χ0) is 16.5. The molecule has 0 aromatic heterocycles. The maximum atomic E-state index is 12.2. The lowest BCUT2D eigenvalue weighted by atomic mass is 9.93. The Balaban J connectivity index is 0.00000116. The number of hydrogen-bond acceptors (Lipinski definition) is 2. The molecule has 2 heterocycles. The van der Waals surface area contributed by atoms with Gasteiger partial charge in [-0.1, -0.05) is 34.6 Å². The third-order valence-electron chi connectivity index (χ3n) is 5.35. The van der Waals surface area contributed by atoms with Gasteiger partial charge in [0.2, 0.25) is 5.91 Å². The van der Waals surface area contributed by atoms with Crippen molar-refractivity contribution < 1.29 is 4.79 Å². The SMILES string of the molecule is CC.CCC(C)C(=O)N1CCC(CN2CCC(C)CC2)CC1. The van der Waals surface area contributed by atoms with Crippen LogP contribution in [-0.2, 0) is 4.79 Å². The van der Waals surface area contributed by atoms with Gasteiger partial charge in [0, 0.05) is 25.6 Å². The lowest BCUT2D eigenvalue weighted by molar-refractivity contribution is -0.136. The van der Waals surface area contributed by atoms with E-state index in [-0.39, 0.29) is 5.92 Å². The number of carbonyl (C=O) groups is 1. The summed E-state index contributed by atoms with van der Waals surface area (Å²) in [4.78, 5) is 16.9. The van der Waals surface area contributed by atoms with Gasteiger partial charge in [0.05, 0.1) is 0 Å². The number of hydrogen-bond donors (Lipinski definition) is 0. The van der Waals surface area contributed by atoms with E-state index in [1.165, 1.54) is 45.3 Å². The van der Waals surface area contributed by atoms with Crippen LogP contribution in [0.5, 0.6) is 0 Å². The second-order valence-corrected chi connectivity index (χ2v) is 7.06. The van der Waals surface area contributed by atoms with Gasteiger partial charge in [0.25, 0.3) is 0 Å².